The number of aliphatic hydroxyl groups is 1. The third-order valence-electron chi connectivity index (χ3n) is 2.83. The molecular weight excluding hydrogens is 226 g/mol. The van der Waals surface area contributed by atoms with Crippen LogP contribution in [0, 0.1) is 28.9 Å². The van der Waals surface area contributed by atoms with E-state index in [1.807, 2.05) is 0 Å². The van der Waals surface area contributed by atoms with Crippen LogP contribution in [-0.2, 0) is 0 Å². The van der Waals surface area contributed by atoms with Crippen molar-refractivity contribution in [1.82, 2.24) is 0 Å². The minimum Gasteiger partial charge on any atom is -0.391 e. The van der Waals surface area contributed by atoms with Crippen LogP contribution in [0.3, 0.4) is 0 Å². The summed E-state index contributed by atoms with van der Waals surface area (Å²) in [4.78, 5) is 0. The molecule has 0 radical (unpaired) electrons. The average molecular weight is 238 g/mol. The van der Waals surface area contributed by atoms with Gasteiger partial charge >= 0.3 is 0 Å². The lowest BCUT2D eigenvalue weighted by molar-refractivity contribution is 0.164. The summed E-state index contributed by atoms with van der Waals surface area (Å²) in [5.74, 6) is -1.39. The van der Waals surface area contributed by atoms with Crippen LogP contribution in [0.1, 0.15) is 18.4 Å². The van der Waals surface area contributed by atoms with Crippen molar-refractivity contribution < 1.29 is 13.9 Å². The summed E-state index contributed by atoms with van der Waals surface area (Å²) in [7, 11) is 0. The molecule has 1 aromatic rings. The molecule has 3 nitrogen and oxygen atoms in total. The Bertz CT molecular complexity index is 443. The molecule has 1 aliphatic carbocycles. The van der Waals surface area contributed by atoms with Gasteiger partial charge in [-0.15, -0.1) is 0 Å². The first-order valence-corrected chi connectivity index (χ1v) is 5.43. The fraction of sp³-hybridized carbons (Fsp3) is 0.417. The number of benzene rings is 1. The minimum absolute atomic E-state index is 0.0618. The molecule has 0 amide bonds. The molecule has 5 heteroatoms. The quantitative estimate of drug-likeness (QED) is 0.843. The number of rotatable bonds is 4. The lowest BCUT2D eigenvalue weighted by Gasteiger charge is -2.13. The molecule has 1 aromatic carbocycles. The van der Waals surface area contributed by atoms with E-state index in [0.717, 1.165) is 25.0 Å². The topological polar surface area (TPSA) is 56.0 Å². The maximum Gasteiger partial charge on any atom is 0.150 e. The number of halogens is 2. The second-order valence-electron chi connectivity index (χ2n) is 4.21. The van der Waals surface area contributed by atoms with Gasteiger partial charge in [-0.25, -0.2) is 8.78 Å². The van der Waals surface area contributed by atoms with Crippen molar-refractivity contribution >= 4 is 5.69 Å². The van der Waals surface area contributed by atoms with Crippen molar-refractivity contribution in [3.8, 4) is 6.07 Å². The summed E-state index contributed by atoms with van der Waals surface area (Å²) in [5, 5.41) is 20.7. The van der Waals surface area contributed by atoms with Gasteiger partial charge in [0.1, 0.15) is 5.69 Å². The smallest absolute Gasteiger partial charge is 0.150 e. The van der Waals surface area contributed by atoms with Gasteiger partial charge in [-0.1, -0.05) is 0 Å². The molecular formula is C12H12F2N2O. The maximum absolute atomic E-state index is 13.4. The average Bonchev–Trinajstić information content (AvgIpc) is 3.11. The standard InChI is InChI=1S/C12H12F2N2O/c13-9-3-7(5-15)4-10(14)12(9)16-6-11(17)8-1-2-8/h3-4,8,11,16-17H,1-2,6H2. The highest BCUT2D eigenvalue weighted by Crippen LogP contribution is 2.32. The van der Waals surface area contributed by atoms with Crippen LogP contribution in [0.15, 0.2) is 12.1 Å². The van der Waals surface area contributed by atoms with Crippen LogP contribution in [0.5, 0.6) is 0 Å². The van der Waals surface area contributed by atoms with Gasteiger partial charge in [0.15, 0.2) is 11.6 Å². The largest absolute Gasteiger partial charge is 0.391 e. The normalized spacial score (nSPS) is 16.4. The molecule has 90 valence electrons. The summed E-state index contributed by atoms with van der Waals surface area (Å²) in [6.07, 6.45) is 1.34. The second-order valence-corrected chi connectivity index (χ2v) is 4.21. The SMILES string of the molecule is N#Cc1cc(F)c(NCC(O)C2CC2)c(F)c1. The lowest BCUT2D eigenvalue weighted by atomic mass is 10.2. The fourth-order valence-electron chi connectivity index (χ4n) is 1.66. The molecule has 2 rings (SSSR count). The van der Waals surface area contributed by atoms with Gasteiger partial charge in [0.25, 0.3) is 0 Å². The summed E-state index contributed by atoms with van der Waals surface area (Å²) < 4.78 is 26.9. The predicted octanol–water partition coefficient (Wildman–Crippen LogP) is 2.02. The number of anilines is 1. The Morgan fingerprint density at radius 1 is 1.41 bits per heavy atom. The zero-order chi connectivity index (χ0) is 12.4. The first-order chi connectivity index (χ1) is 8.11. The number of nitrogens with one attached hydrogen (secondary N) is 1. The van der Waals surface area contributed by atoms with Crippen molar-refractivity contribution in [2.75, 3.05) is 11.9 Å². The fourth-order valence-corrected chi connectivity index (χ4v) is 1.66. The molecule has 1 atom stereocenters. The molecule has 1 saturated carbocycles. The molecule has 0 aromatic heterocycles. The number of nitrogens with zero attached hydrogens (tertiary/aromatic N) is 1. The van der Waals surface area contributed by atoms with Crippen molar-refractivity contribution in [3.63, 3.8) is 0 Å². The summed E-state index contributed by atoms with van der Waals surface area (Å²) in [6, 6.07) is 3.61. The van der Waals surface area contributed by atoms with Gasteiger partial charge in [0.2, 0.25) is 0 Å². The Morgan fingerprint density at radius 2 is 2.00 bits per heavy atom. The van der Waals surface area contributed by atoms with E-state index in [2.05, 4.69) is 5.32 Å². The second kappa shape index (κ2) is 4.68. The predicted molar refractivity (Wildman–Crippen MR) is 58.3 cm³/mol. The van der Waals surface area contributed by atoms with E-state index in [9.17, 15) is 13.9 Å². The lowest BCUT2D eigenvalue weighted by Crippen LogP contribution is -2.22. The van der Waals surface area contributed by atoms with Crippen LogP contribution in [0.25, 0.3) is 0 Å². The van der Waals surface area contributed by atoms with Crippen LogP contribution < -0.4 is 5.32 Å². The van der Waals surface area contributed by atoms with E-state index in [0.29, 0.717) is 0 Å². The Balaban J connectivity index is 2.07. The molecule has 0 bridgehead atoms. The van der Waals surface area contributed by atoms with Crippen molar-refractivity contribution in [2.45, 2.75) is 18.9 Å². The highest BCUT2D eigenvalue weighted by atomic mass is 19.1. The molecule has 1 aliphatic rings. The minimum atomic E-state index is -0.815. The van der Waals surface area contributed by atoms with E-state index in [1.54, 1.807) is 6.07 Å². The third kappa shape index (κ3) is 2.71. The maximum atomic E-state index is 13.4. The van der Waals surface area contributed by atoms with Crippen LogP contribution in [0.2, 0.25) is 0 Å². The van der Waals surface area contributed by atoms with Gasteiger partial charge < -0.3 is 10.4 Å². The van der Waals surface area contributed by atoms with Crippen LogP contribution in [0.4, 0.5) is 14.5 Å². The molecule has 17 heavy (non-hydrogen) atoms. The molecule has 0 aliphatic heterocycles. The Labute approximate surface area is 97.7 Å². The number of aliphatic hydroxyl groups excluding tert-OH is 1. The monoisotopic (exact) mass is 238 g/mol. The van der Waals surface area contributed by atoms with Gasteiger partial charge in [-0.05, 0) is 30.9 Å². The van der Waals surface area contributed by atoms with Crippen LogP contribution >= 0.6 is 0 Å². The van der Waals surface area contributed by atoms with Crippen molar-refractivity contribution in [2.24, 2.45) is 5.92 Å². The van der Waals surface area contributed by atoms with Gasteiger partial charge in [-0.3, -0.25) is 0 Å². The molecule has 2 N–H and O–H groups in total. The van der Waals surface area contributed by atoms with Crippen molar-refractivity contribution in [3.05, 3.63) is 29.3 Å². The number of nitriles is 1. The molecule has 1 unspecified atom stereocenters. The molecule has 0 heterocycles. The van der Waals surface area contributed by atoms with E-state index in [4.69, 9.17) is 5.26 Å². The molecule has 0 spiro atoms. The summed E-state index contributed by atoms with van der Waals surface area (Å²) in [5.41, 5.74) is -0.350. The summed E-state index contributed by atoms with van der Waals surface area (Å²) in [6.45, 7) is 0.115. The number of hydrogen-bond donors (Lipinski definition) is 2. The van der Waals surface area contributed by atoms with E-state index in [-0.39, 0.29) is 23.7 Å². The number of hydrogen-bond acceptors (Lipinski definition) is 3. The third-order valence-corrected chi connectivity index (χ3v) is 2.83. The van der Waals surface area contributed by atoms with Gasteiger partial charge in [0, 0.05) is 6.54 Å². The van der Waals surface area contributed by atoms with Crippen LogP contribution in [-0.4, -0.2) is 17.8 Å². The van der Waals surface area contributed by atoms with Crippen molar-refractivity contribution in [1.29, 1.82) is 5.26 Å². The molecule has 1 fully saturated rings. The highest BCUT2D eigenvalue weighted by Gasteiger charge is 2.29. The first kappa shape index (κ1) is 11.8. The van der Waals surface area contributed by atoms with E-state index < -0.39 is 17.7 Å². The first-order valence-electron chi connectivity index (χ1n) is 5.43. The highest BCUT2D eigenvalue weighted by molar-refractivity contribution is 5.50. The van der Waals surface area contributed by atoms with E-state index >= 15 is 0 Å². The Morgan fingerprint density at radius 3 is 2.47 bits per heavy atom. The summed E-state index contributed by atoms with van der Waals surface area (Å²) >= 11 is 0. The van der Waals surface area contributed by atoms with Gasteiger partial charge in [-0.2, -0.15) is 5.26 Å². The Hall–Kier alpha value is -1.67. The Kier molecular flexibility index (Phi) is 3.25. The molecule has 0 saturated heterocycles. The zero-order valence-electron chi connectivity index (χ0n) is 9.08. The van der Waals surface area contributed by atoms with E-state index in [1.165, 1.54) is 0 Å². The zero-order valence-corrected chi connectivity index (χ0v) is 9.08. The van der Waals surface area contributed by atoms with Gasteiger partial charge in [0.05, 0.1) is 17.7 Å².